The van der Waals surface area contributed by atoms with Crippen molar-refractivity contribution in [2.75, 3.05) is 33.3 Å². The average Bonchev–Trinajstić information content (AvgIpc) is 2.82. The third-order valence-corrected chi connectivity index (χ3v) is 5.35. The van der Waals surface area contributed by atoms with Gasteiger partial charge in [-0.1, -0.05) is 44.2 Å². The third kappa shape index (κ3) is 5.34. The Hall–Kier alpha value is -3.19. The molecule has 1 N–H and O–H groups in total. The summed E-state index contributed by atoms with van der Waals surface area (Å²) in [4.78, 5) is 28.6. The van der Waals surface area contributed by atoms with E-state index in [0.717, 1.165) is 38.9 Å². The number of ether oxygens (including phenoxy) is 1. The summed E-state index contributed by atoms with van der Waals surface area (Å²) in [5.74, 6) is 0.220. The average molecular weight is 437 g/mol. The zero-order chi connectivity index (χ0) is 22.9. The predicted octanol–water partition coefficient (Wildman–Crippen LogP) is 3.64. The van der Waals surface area contributed by atoms with E-state index < -0.39 is 0 Å². The molecule has 0 unspecified atom stereocenters. The van der Waals surface area contributed by atoms with Gasteiger partial charge in [0, 0.05) is 11.9 Å². The molecule has 0 spiro atoms. The quantitative estimate of drug-likeness (QED) is 0.465. The van der Waals surface area contributed by atoms with Crippen LogP contribution in [-0.2, 0) is 0 Å². The molecule has 7 heteroatoms. The number of para-hydroxylation sites is 2. The van der Waals surface area contributed by atoms with Crippen molar-refractivity contribution in [1.29, 1.82) is 0 Å². The van der Waals surface area contributed by atoms with Crippen molar-refractivity contribution in [2.45, 2.75) is 33.1 Å². The Morgan fingerprint density at radius 3 is 2.34 bits per heavy atom. The lowest BCUT2D eigenvalue weighted by Gasteiger charge is -2.20. The van der Waals surface area contributed by atoms with Gasteiger partial charge in [-0.2, -0.15) is 9.78 Å². The number of hydrogen-bond acceptors (Lipinski definition) is 5. The molecule has 1 amide bonds. The van der Waals surface area contributed by atoms with Gasteiger partial charge in [0.25, 0.3) is 11.5 Å². The van der Waals surface area contributed by atoms with Gasteiger partial charge in [0.2, 0.25) is 0 Å². The van der Waals surface area contributed by atoms with Crippen LogP contribution in [0.3, 0.4) is 0 Å². The van der Waals surface area contributed by atoms with Gasteiger partial charge in [0.15, 0.2) is 5.69 Å². The van der Waals surface area contributed by atoms with E-state index in [1.54, 1.807) is 49.6 Å². The monoisotopic (exact) mass is 436 g/mol. The summed E-state index contributed by atoms with van der Waals surface area (Å²) < 4.78 is 6.65. The van der Waals surface area contributed by atoms with E-state index in [2.05, 4.69) is 29.2 Å². The van der Waals surface area contributed by atoms with Crippen molar-refractivity contribution in [2.24, 2.45) is 0 Å². The highest BCUT2D eigenvalue weighted by atomic mass is 16.5. The lowest BCUT2D eigenvalue weighted by molar-refractivity contribution is 0.0946. The van der Waals surface area contributed by atoms with E-state index in [-0.39, 0.29) is 17.2 Å². The molecule has 0 fully saturated rings. The van der Waals surface area contributed by atoms with Crippen LogP contribution in [-0.4, -0.2) is 53.9 Å². The fourth-order valence-electron chi connectivity index (χ4n) is 3.88. The maximum Gasteiger partial charge on any atom is 0.279 e. The minimum atomic E-state index is -0.295. The van der Waals surface area contributed by atoms with Crippen LogP contribution >= 0.6 is 0 Å². The summed E-state index contributed by atoms with van der Waals surface area (Å²) in [6.45, 7) is 7.98. The van der Waals surface area contributed by atoms with Crippen LogP contribution in [0.25, 0.3) is 16.5 Å². The normalized spacial score (nSPS) is 11.1. The Morgan fingerprint density at radius 1 is 1.00 bits per heavy atom. The number of nitrogens with zero attached hydrogens (tertiary/aromatic N) is 3. The highest BCUT2D eigenvalue weighted by molar-refractivity contribution is 6.04. The van der Waals surface area contributed by atoms with Crippen LogP contribution in [0.4, 0.5) is 0 Å². The molecule has 1 aromatic heterocycles. The zero-order valence-corrected chi connectivity index (χ0v) is 19.1. The molecule has 3 aromatic rings. The molecule has 170 valence electrons. The van der Waals surface area contributed by atoms with Crippen LogP contribution in [0.1, 0.15) is 43.6 Å². The molecule has 7 nitrogen and oxygen atoms in total. The first kappa shape index (κ1) is 23.5. The molecule has 0 aliphatic heterocycles. The molecule has 0 aliphatic carbocycles. The van der Waals surface area contributed by atoms with Crippen LogP contribution in [0, 0.1) is 0 Å². The summed E-state index contributed by atoms with van der Waals surface area (Å²) in [5.41, 5.74) is 0.427. The van der Waals surface area contributed by atoms with Gasteiger partial charge in [-0.15, -0.1) is 0 Å². The van der Waals surface area contributed by atoms with E-state index >= 15 is 0 Å². The predicted molar refractivity (Wildman–Crippen MR) is 128 cm³/mol. The topological polar surface area (TPSA) is 76.5 Å². The van der Waals surface area contributed by atoms with Gasteiger partial charge in [0.1, 0.15) is 11.4 Å². The number of rotatable bonds is 11. The fraction of sp³-hybridized carbons (Fsp3) is 0.400. The zero-order valence-electron chi connectivity index (χ0n) is 19.1. The second-order valence-electron chi connectivity index (χ2n) is 7.73. The molecule has 0 radical (unpaired) electrons. The Bertz CT molecular complexity index is 1100. The number of benzene rings is 2. The molecule has 0 saturated carbocycles. The van der Waals surface area contributed by atoms with Crippen molar-refractivity contribution < 1.29 is 9.53 Å². The van der Waals surface area contributed by atoms with Crippen molar-refractivity contribution in [1.82, 2.24) is 20.0 Å². The van der Waals surface area contributed by atoms with E-state index in [9.17, 15) is 9.59 Å². The molecule has 0 atom stereocenters. The van der Waals surface area contributed by atoms with Crippen molar-refractivity contribution in [3.63, 3.8) is 0 Å². The van der Waals surface area contributed by atoms with Gasteiger partial charge in [0.05, 0.1) is 12.5 Å². The largest absolute Gasteiger partial charge is 0.494 e. The number of carbonyl (C=O) groups excluding carboxylic acids is 1. The SMILES string of the molecule is CCCN(CCC)CCCNC(=O)c1nn(-c2ccccc2OC)c(=O)c2ccccc12. The van der Waals surface area contributed by atoms with Crippen molar-refractivity contribution >= 4 is 16.7 Å². The highest BCUT2D eigenvalue weighted by Crippen LogP contribution is 2.22. The highest BCUT2D eigenvalue weighted by Gasteiger charge is 2.18. The molecular weight excluding hydrogens is 404 g/mol. The van der Waals surface area contributed by atoms with Gasteiger partial charge < -0.3 is 15.0 Å². The molecule has 32 heavy (non-hydrogen) atoms. The Kier molecular flexibility index (Phi) is 8.39. The molecule has 0 saturated heterocycles. The number of methoxy groups -OCH3 is 1. The first-order valence-corrected chi connectivity index (χ1v) is 11.3. The van der Waals surface area contributed by atoms with Gasteiger partial charge in [-0.05, 0) is 57.1 Å². The van der Waals surface area contributed by atoms with Crippen molar-refractivity contribution in [3.8, 4) is 11.4 Å². The van der Waals surface area contributed by atoms with E-state index in [1.807, 2.05) is 6.07 Å². The van der Waals surface area contributed by atoms with Crippen LogP contribution in [0.5, 0.6) is 5.75 Å². The van der Waals surface area contributed by atoms with Crippen LogP contribution in [0.2, 0.25) is 0 Å². The van der Waals surface area contributed by atoms with Crippen LogP contribution < -0.4 is 15.6 Å². The first-order valence-electron chi connectivity index (χ1n) is 11.3. The van der Waals surface area contributed by atoms with E-state index in [1.165, 1.54) is 4.68 Å². The second-order valence-corrected chi connectivity index (χ2v) is 7.73. The van der Waals surface area contributed by atoms with Gasteiger partial charge in [-0.25, -0.2) is 0 Å². The fourth-order valence-corrected chi connectivity index (χ4v) is 3.88. The number of fused-ring (bicyclic) bond motifs is 1. The molecular formula is C25H32N4O3. The molecule has 0 bridgehead atoms. The standard InChI is InChI=1S/C25H32N4O3/c1-4-16-28(17-5-2)18-10-15-26-24(30)23-19-11-6-7-12-20(19)25(31)29(27-23)21-13-8-9-14-22(21)32-3/h6-9,11-14H,4-5,10,15-18H2,1-3H3,(H,26,30). The first-order chi connectivity index (χ1) is 15.6. The summed E-state index contributed by atoms with van der Waals surface area (Å²) in [7, 11) is 1.54. The van der Waals surface area contributed by atoms with E-state index in [0.29, 0.717) is 28.8 Å². The lowest BCUT2D eigenvalue weighted by Crippen LogP contribution is -2.33. The Balaban J connectivity index is 1.87. The molecule has 2 aromatic carbocycles. The number of carbonyl (C=O) groups is 1. The minimum Gasteiger partial charge on any atom is -0.494 e. The summed E-state index contributed by atoms with van der Waals surface area (Å²) in [6, 6.07) is 14.2. The van der Waals surface area contributed by atoms with Crippen molar-refractivity contribution in [3.05, 3.63) is 64.6 Å². The summed E-state index contributed by atoms with van der Waals surface area (Å²) in [6.07, 6.45) is 3.09. The van der Waals surface area contributed by atoms with Gasteiger partial charge in [-0.3, -0.25) is 9.59 Å². The molecule has 3 rings (SSSR count). The smallest absolute Gasteiger partial charge is 0.279 e. The number of hydrogen-bond donors (Lipinski definition) is 1. The summed E-state index contributed by atoms with van der Waals surface area (Å²) in [5, 5.41) is 8.42. The maximum absolute atomic E-state index is 13.1. The summed E-state index contributed by atoms with van der Waals surface area (Å²) >= 11 is 0. The minimum absolute atomic E-state index is 0.227. The molecule has 1 heterocycles. The number of nitrogens with one attached hydrogen (secondary N) is 1. The van der Waals surface area contributed by atoms with E-state index in [4.69, 9.17) is 4.74 Å². The number of aromatic nitrogens is 2. The number of amides is 1. The maximum atomic E-state index is 13.1. The Labute approximate surface area is 189 Å². The van der Waals surface area contributed by atoms with Crippen LogP contribution in [0.15, 0.2) is 53.3 Å². The lowest BCUT2D eigenvalue weighted by atomic mass is 10.1. The second kappa shape index (κ2) is 11.4. The molecule has 0 aliphatic rings. The van der Waals surface area contributed by atoms with Gasteiger partial charge >= 0.3 is 0 Å². The Morgan fingerprint density at radius 2 is 1.66 bits per heavy atom. The third-order valence-electron chi connectivity index (χ3n) is 5.35.